The van der Waals surface area contributed by atoms with E-state index in [4.69, 9.17) is 14.5 Å². The maximum atomic E-state index is 12.5. The molecule has 162 valence electrons. The number of halogens is 1. The fourth-order valence-corrected chi connectivity index (χ4v) is 3.51. The standard InChI is InChI=1S/C20H31N5O3.HI/c1-3-21-20(23-15-16-7-5-9-22-18(16)27-4-2)25-12-10-24(11-13-25)19(26)17-8-6-14-28-17;/h5,7,9,17H,3-4,6,8,10-15H2,1-2H3,(H,21,23);1H. The molecule has 2 aliphatic rings. The number of carbonyl (C=O) groups is 1. The van der Waals surface area contributed by atoms with Crippen molar-refractivity contribution in [2.24, 2.45) is 4.99 Å². The Kier molecular flexibility index (Phi) is 9.92. The maximum Gasteiger partial charge on any atom is 0.251 e. The number of amides is 1. The van der Waals surface area contributed by atoms with Crippen LogP contribution in [0.3, 0.4) is 0 Å². The summed E-state index contributed by atoms with van der Waals surface area (Å²) in [5, 5.41) is 3.36. The molecule has 0 aliphatic carbocycles. The zero-order chi connectivity index (χ0) is 19.8. The molecule has 0 saturated carbocycles. The number of hydrogen-bond donors (Lipinski definition) is 1. The molecule has 3 rings (SSSR count). The molecule has 29 heavy (non-hydrogen) atoms. The second kappa shape index (κ2) is 12.2. The SMILES string of the molecule is CCNC(=NCc1cccnc1OCC)N1CCN(C(=O)C2CCCO2)CC1.I. The second-order valence-corrected chi connectivity index (χ2v) is 6.88. The number of aromatic nitrogens is 1. The maximum absolute atomic E-state index is 12.5. The quantitative estimate of drug-likeness (QED) is 0.353. The number of rotatable bonds is 6. The average Bonchev–Trinajstić information content (AvgIpc) is 3.27. The summed E-state index contributed by atoms with van der Waals surface area (Å²) < 4.78 is 11.1. The summed E-state index contributed by atoms with van der Waals surface area (Å²) in [6, 6.07) is 3.89. The Bertz CT molecular complexity index is 674. The summed E-state index contributed by atoms with van der Waals surface area (Å²) in [6.07, 6.45) is 3.31. The van der Waals surface area contributed by atoms with Crippen molar-refractivity contribution in [2.45, 2.75) is 39.3 Å². The molecule has 3 heterocycles. The molecule has 0 bridgehead atoms. The first kappa shape index (κ1) is 23.7. The van der Waals surface area contributed by atoms with E-state index < -0.39 is 0 Å². The van der Waals surface area contributed by atoms with Gasteiger partial charge < -0.3 is 24.6 Å². The summed E-state index contributed by atoms with van der Waals surface area (Å²) in [4.78, 5) is 25.7. The Morgan fingerprint density at radius 2 is 2.07 bits per heavy atom. The zero-order valence-electron chi connectivity index (χ0n) is 17.3. The Labute approximate surface area is 190 Å². The predicted octanol–water partition coefficient (Wildman–Crippen LogP) is 1.89. The van der Waals surface area contributed by atoms with Crippen LogP contribution in [0.4, 0.5) is 0 Å². The molecule has 1 unspecified atom stereocenters. The van der Waals surface area contributed by atoms with Crippen LogP contribution in [0.5, 0.6) is 5.88 Å². The third kappa shape index (κ3) is 6.43. The lowest BCUT2D eigenvalue weighted by molar-refractivity contribution is -0.142. The molecule has 2 fully saturated rings. The van der Waals surface area contributed by atoms with Crippen LogP contribution in [-0.4, -0.2) is 78.7 Å². The molecule has 1 aromatic heterocycles. The minimum atomic E-state index is -0.240. The van der Waals surface area contributed by atoms with E-state index in [1.165, 1.54) is 0 Å². The van der Waals surface area contributed by atoms with Gasteiger partial charge in [0.05, 0.1) is 13.2 Å². The van der Waals surface area contributed by atoms with E-state index >= 15 is 0 Å². The van der Waals surface area contributed by atoms with Crippen LogP contribution in [0, 0.1) is 0 Å². The molecule has 0 aromatic carbocycles. The molecule has 1 atom stereocenters. The Morgan fingerprint density at radius 1 is 1.31 bits per heavy atom. The number of piperazine rings is 1. The third-order valence-electron chi connectivity index (χ3n) is 4.96. The normalized spacial score (nSPS) is 19.7. The van der Waals surface area contributed by atoms with E-state index in [9.17, 15) is 4.79 Å². The Hall–Kier alpha value is -1.62. The highest BCUT2D eigenvalue weighted by atomic mass is 127. The van der Waals surface area contributed by atoms with Crippen LogP contribution in [0.15, 0.2) is 23.3 Å². The van der Waals surface area contributed by atoms with Crippen molar-refractivity contribution >= 4 is 35.8 Å². The van der Waals surface area contributed by atoms with Gasteiger partial charge in [-0.25, -0.2) is 9.98 Å². The highest BCUT2D eigenvalue weighted by Gasteiger charge is 2.30. The van der Waals surface area contributed by atoms with Gasteiger partial charge in [-0.05, 0) is 32.8 Å². The molecule has 1 aromatic rings. The highest BCUT2D eigenvalue weighted by molar-refractivity contribution is 14.0. The van der Waals surface area contributed by atoms with E-state index in [2.05, 4.69) is 22.1 Å². The lowest BCUT2D eigenvalue weighted by atomic mass is 10.2. The van der Waals surface area contributed by atoms with Crippen molar-refractivity contribution < 1.29 is 14.3 Å². The molecular formula is C20H32IN5O3. The largest absolute Gasteiger partial charge is 0.478 e. The number of carbonyl (C=O) groups excluding carboxylic acids is 1. The van der Waals surface area contributed by atoms with E-state index in [1.54, 1.807) is 6.20 Å². The lowest BCUT2D eigenvalue weighted by Crippen LogP contribution is -2.55. The van der Waals surface area contributed by atoms with Crippen molar-refractivity contribution in [3.05, 3.63) is 23.9 Å². The molecule has 1 N–H and O–H groups in total. The van der Waals surface area contributed by atoms with Gasteiger partial charge >= 0.3 is 0 Å². The van der Waals surface area contributed by atoms with E-state index in [0.29, 0.717) is 38.7 Å². The fourth-order valence-electron chi connectivity index (χ4n) is 3.51. The van der Waals surface area contributed by atoms with Gasteiger partial charge in [-0.1, -0.05) is 6.07 Å². The minimum absolute atomic E-state index is 0. The summed E-state index contributed by atoms with van der Waals surface area (Å²) in [5.74, 6) is 1.63. The number of aliphatic imine (C=N–C) groups is 1. The van der Waals surface area contributed by atoms with Gasteiger partial charge in [0.1, 0.15) is 6.10 Å². The van der Waals surface area contributed by atoms with Crippen LogP contribution in [-0.2, 0) is 16.1 Å². The van der Waals surface area contributed by atoms with E-state index in [1.807, 2.05) is 24.0 Å². The van der Waals surface area contributed by atoms with Gasteiger partial charge in [0, 0.05) is 51.1 Å². The van der Waals surface area contributed by atoms with Gasteiger partial charge in [-0.2, -0.15) is 0 Å². The van der Waals surface area contributed by atoms with Gasteiger partial charge in [-0.3, -0.25) is 4.79 Å². The number of guanidine groups is 1. The molecule has 0 radical (unpaired) electrons. The first-order chi connectivity index (χ1) is 13.7. The third-order valence-corrected chi connectivity index (χ3v) is 4.96. The molecule has 0 spiro atoms. The predicted molar refractivity (Wildman–Crippen MR) is 123 cm³/mol. The smallest absolute Gasteiger partial charge is 0.251 e. The zero-order valence-corrected chi connectivity index (χ0v) is 19.6. The van der Waals surface area contributed by atoms with Crippen molar-refractivity contribution in [2.75, 3.05) is 45.9 Å². The number of nitrogens with one attached hydrogen (secondary N) is 1. The van der Waals surface area contributed by atoms with Crippen LogP contribution >= 0.6 is 24.0 Å². The van der Waals surface area contributed by atoms with Crippen LogP contribution in [0.1, 0.15) is 32.3 Å². The van der Waals surface area contributed by atoms with E-state index in [0.717, 1.165) is 44.0 Å². The van der Waals surface area contributed by atoms with Crippen LogP contribution < -0.4 is 10.1 Å². The summed E-state index contributed by atoms with van der Waals surface area (Å²) in [7, 11) is 0. The van der Waals surface area contributed by atoms with Crippen molar-refractivity contribution in [3.63, 3.8) is 0 Å². The molecule has 2 aliphatic heterocycles. The van der Waals surface area contributed by atoms with Crippen molar-refractivity contribution in [1.82, 2.24) is 20.1 Å². The number of pyridine rings is 1. The molecular weight excluding hydrogens is 485 g/mol. The average molecular weight is 517 g/mol. The number of hydrogen-bond acceptors (Lipinski definition) is 5. The Balaban J connectivity index is 0.00000300. The summed E-state index contributed by atoms with van der Waals surface area (Å²) in [5.41, 5.74) is 0.965. The fraction of sp³-hybridized carbons (Fsp3) is 0.650. The molecule has 8 nitrogen and oxygen atoms in total. The van der Waals surface area contributed by atoms with Crippen LogP contribution in [0.2, 0.25) is 0 Å². The topological polar surface area (TPSA) is 79.3 Å². The van der Waals surface area contributed by atoms with Crippen LogP contribution in [0.25, 0.3) is 0 Å². The lowest BCUT2D eigenvalue weighted by Gasteiger charge is -2.37. The number of nitrogens with zero attached hydrogens (tertiary/aromatic N) is 4. The molecule has 9 heteroatoms. The minimum Gasteiger partial charge on any atom is -0.478 e. The van der Waals surface area contributed by atoms with Crippen molar-refractivity contribution in [3.8, 4) is 5.88 Å². The summed E-state index contributed by atoms with van der Waals surface area (Å²) in [6.45, 7) is 9.48. The van der Waals surface area contributed by atoms with Crippen molar-refractivity contribution in [1.29, 1.82) is 0 Å². The molecule has 2 saturated heterocycles. The second-order valence-electron chi connectivity index (χ2n) is 6.88. The van der Waals surface area contributed by atoms with Gasteiger partial charge in [-0.15, -0.1) is 24.0 Å². The van der Waals surface area contributed by atoms with Gasteiger partial charge in [0.15, 0.2) is 5.96 Å². The number of ether oxygens (including phenoxy) is 2. The Morgan fingerprint density at radius 3 is 2.72 bits per heavy atom. The van der Waals surface area contributed by atoms with E-state index in [-0.39, 0.29) is 36.0 Å². The first-order valence-electron chi connectivity index (χ1n) is 10.2. The first-order valence-corrected chi connectivity index (χ1v) is 10.2. The highest BCUT2D eigenvalue weighted by Crippen LogP contribution is 2.17. The monoisotopic (exact) mass is 517 g/mol. The van der Waals surface area contributed by atoms with Gasteiger partial charge in [0.25, 0.3) is 5.91 Å². The summed E-state index contributed by atoms with van der Waals surface area (Å²) >= 11 is 0. The van der Waals surface area contributed by atoms with Gasteiger partial charge in [0.2, 0.25) is 5.88 Å². The molecule has 1 amide bonds.